The van der Waals surface area contributed by atoms with Crippen molar-refractivity contribution in [3.8, 4) is 0 Å². The zero-order valence-electron chi connectivity index (χ0n) is 16.7. The zero-order valence-corrected chi connectivity index (χ0v) is 16.7. The van der Waals surface area contributed by atoms with E-state index in [1.165, 1.54) is 32.0 Å². The molecule has 0 spiro atoms. The third-order valence-electron chi connectivity index (χ3n) is 4.69. The van der Waals surface area contributed by atoms with Crippen LogP contribution in [0, 0.1) is 12.5 Å². The van der Waals surface area contributed by atoms with Crippen LogP contribution in [-0.4, -0.2) is 39.1 Å². The summed E-state index contributed by atoms with van der Waals surface area (Å²) < 4.78 is 0. The van der Waals surface area contributed by atoms with E-state index in [2.05, 4.69) is 58.6 Å². The fourth-order valence-corrected chi connectivity index (χ4v) is 4.18. The van der Waals surface area contributed by atoms with Crippen LogP contribution >= 0.6 is 0 Å². The van der Waals surface area contributed by atoms with Crippen molar-refractivity contribution in [2.45, 2.75) is 77.3 Å². The molecule has 1 aromatic rings. The molecule has 0 aliphatic carbocycles. The van der Waals surface area contributed by atoms with Crippen molar-refractivity contribution in [3.63, 3.8) is 0 Å². The van der Waals surface area contributed by atoms with Crippen molar-refractivity contribution in [2.24, 2.45) is 5.92 Å². The van der Waals surface area contributed by atoms with Crippen LogP contribution in [0.15, 0.2) is 6.33 Å². The third-order valence-corrected chi connectivity index (χ3v) is 4.69. The van der Waals surface area contributed by atoms with Gasteiger partial charge in [-0.05, 0) is 59.3 Å². The van der Waals surface area contributed by atoms with Gasteiger partial charge in [0.2, 0.25) is 11.9 Å². The quantitative estimate of drug-likeness (QED) is 0.553. The Hall–Kier alpha value is -1.47. The lowest BCUT2D eigenvalue weighted by atomic mass is 9.74. The first-order valence-corrected chi connectivity index (χ1v) is 9.75. The Labute approximate surface area is 158 Å². The third kappa shape index (κ3) is 7.41. The van der Waals surface area contributed by atoms with Crippen molar-refractivity contribution in [3.05, 3.63) is 12.9 Å². The molecule has 0 atom stereocenters. The minimum absolute atomic E-state index is 0.232. The standard InChI is InChI=1S/C19H35N7/c1-18(2)12-15(13-19(3,4)26-18)8-5-6-10-21-16-23-14-24-17(25-16)22-11-7-9-20/h11,14-15,20,26H,5-10,12-13H2,1-4H3,(H2,21,22,23,24,25). The SMILES string of the molecule is CC1(C)CC(CCCCNc2ncnc(N[CH]CC[NH])n2)CC(C)(C)N1. The molecule has 2 heterocycles. The maximum Gasteiger partial charge on any atom is 0.227 e. The molecule has 0 unspecified atom stereocenters. The minimum Gasteiger partial charge on any atom is -0.354 e. The van der Waals surface area contributed by atoms with E-state index in [0.29, 0.717) is 24.9 Å². The van der Waals surface area contributed by atoms with E-state index in [1.54, 1.807) is 6.54 Å². The fourth-order valence-electron chi connectivity index (χ4n) is 4.18. The molecule has 4 N–H and O–H groups in total. The van der Waals surface area contributed by atoms with Gasteiger partial charge in [-0.1, -0.05) is 12.8 Å². The van der Waals surface area contributed by atoms with Gasteiger partial charge in [0.15, 0.2) is 0 Å². The summed E-state index contributed by atoms with van der Waals surface area (Å²) in [7, 11) is 0. The summed E-state index contributed by atoms with van der Waals surface area (Å²) in [4.78, 5) is 12.6. The maximum absolute atomic E-state index is 7.12. The highest BCUT2D eigenvalue weighted by Gasteiger charge is 2.36. The molecule has 146 valence electrons. The van der Waals surface area contributed by atoms with Crippen molar-refractivity contribution in [2.75, 3.05) is 23.7 Å². The van der Waals surface area contributed by atoms with E-state index in [0.717, 1.165) is 18.9 Å². The van der Waals surface area contributed by atoms with Crippen molar-refractivity contribution < 1.29 is 0 Å². The molecule has 1 aliphatic heterocycles. The van der Waals surface area contributed by atoms with Crippen LogP contribution in [0.1, 0.15) is 66.2 Å². The van der Waals surface area contributed by atoms with E-state index in [4.69, 9.17) is 5.73 Å². The minimum atomic E-state index is 0.232. The number of rotatable bonds is 10. The summed E-state index contributed by atoms with van der Waals surface area (Å²) in [6.45, 7) is 12.3. The van der Waals surface area contributed by atoms with Gasteiger partial charge in [0.25, 0.3) is 0 Å². The summed E-state index contributed by atoms with van der Waals surface area (Å²) in [5.74, 6) is 1.92. The molecule has 26 heavy (non-hydrogen) atoms. The Kier molecular flexibility index (Phi) is 7.58. The Morgan fingerprint density at radius 3 is 2.54 bits per heavy atom. The maximum atomic E-state index is 7.12. The largest absolute Gasteiger partial charge is 0.354 e. The second-order valence-electron chi connectivity index (χ2n) is 8.61. The molecule has 7 nitrogen and oxygen atoms in total. The predicted molar refractivity (Wildman–Crippen MR) is 107 cm³/mol. The van der Waals surface area contributed by atoms with Crippen LogP contribution in [0.5, 0.6) is 0 Å². The van der Waals surface area contributed by atoms with Crippen molar-refractivity contribution in [1.82, 2.24) is 26.0 Å². The molecule has 0 aromatic carbocycles. The first-order valence-electron chi connectivity index (χ1n) is 9.75. The number of unbranched alkanes of at least 4 members (excludes halogenated alkanes) is 1. The summed E-state index contributed by atoms with van der Waals surface area (Å²) in [6.07, 6.45) is 8.29. The van der Waals surface area contributed by atoms with E-state index in [1.807, 2.05) is 0 Å². The highest BCUT2D eigenvalue weighted by Crippen LogP contribution is 2.35. The molecule has 0 amide bonds. The average molecular weight is 362 g/mol. The van der Waals surface area contributed by atoms with Gasteiger partial charge in [-0.25, -0.2) is 9.97 Å². The van der Waals surface area contributed by atoms with Gasteiger partial charge in [0.1, 0.15) is 6.33 Å². The molecule has 1 aromatic heterocycles. The second-order valence-corrected chi connectivity index (χ2v) is 8.61. The van der Waals surface area contributed by atoms with Gasteiger partial charge in [0, 0.05) is 24.2 Å². The number of hydrogen-bond donors (Lipinski definition) is 3. The van der Waals surface area contributed by atoms with E-state index >= 15 is 0 Å². The van der Waals surface area contributed by atoms with Crippen LogP contribution in [0.2, 0.25) is 0 Å². The van der Waals surface area contributed by atoms with Gasteiger partial charge in [-0.3, -0.25) is 5.73 Å². The van der Waals surface area contributed by atoms with Crippen LogP contribution in [0.25, 0.3) is 0 Å². The Morgan fingerprint density at radius 1 is 1.15 bits per heavy atom. The molecule has 2 radical (unpaired) electrons. The monoisotopic (exact) mass is 361 g/mol. The number of nitrogens with one attached hydrogen (secondary N) is 4. The number of anilines is 2. The highest BCUT2D eigenvalue weighted by atomic mass is 15.2. The number of hydrogen-bond acceptors (Lipinski definition) is 6. The summed E-state index contributed by atoms with van der Waals surface area (Å²) in [5.41, 5.74) is 7.58. The molecule has 0 saturated carbocycles. The van der Waals surface area contributed by atoms with E-state index in [9.17, 15) is 0 Å². The first-order chi connectivity index (χ1) is 12.3. The normalized spacial score (nSPS) is 19.3. The van der Waals surface area contributed by atoms with Gasteiger partial charge in [-0.2, -0.15) is 4.98 Å². The highest BCUT2D eigenvalue weighted by molar-refractivity contribution is 5.33. The van der Waals surface area contributed by atoms with Gasteiger partial charge in [0.05, 0.1) is 6.54 Å². The van der Waals surface area contributed by atoms with E-state index < -0.39 is 0 Å². The molecular weight excluding hydrogens is 326 g/mol. The topological polar surface area (TPSA) is 98.6 Å². The summed E-state index contributed by atoms with van der Waals surface area (Å²) in [6, 6.07) is 0. The van der Waals surface area contributed by atoms with Gasteiger partial charge in [-0.15, -0.1) is 0 Å². The van der Waals surface area contributed by atoms with Crippen molar-refractivity contribution >= 4 is 11.9 Å². The van der Waals surface area contributed by atoms with Crippen molar-refractivity contribution in [1.29, 1.82) is 0 Å². The molecule has 1 aliphatic rings. The molecular formula is C19H35N7. The zero-order chi connectivity index (χ0) is 19.0. The lowest BCUT2D eigenvalue weighted by Gasteiger charge is -2.46. The van der Waals surface area contributed by atoms with Crippen LogP contribution in [0.4, 0.5) is 11.9 Å². The van der Waals surface area contributed by atoms with Crippen LogP contribution in [0.3, 0.4) is 0 Å². The Bertz CT molecular complexity index is 528. The van der Waals surface area contributed by atoms with E-state index in [-0.39, 0.29) is 11.1 Å². The van der Waals surface area contributed by atoms with Crippen LogP contribution in [-0.2, 0) is 0 Å². The van der Waals surface area contributed by atoms with Crippen LogP contribution < -0.4 is 21.7 Å². The summed E-state index contributed by atoms with van der Waals surface area (Å²) in [5, 5.41) is 10.0. The predicted octanol–water partition coefficient (Wildman–Crippen LogP) is 3.26. The lowest BCUT2D eigenvalue weighted by molar-refractivity contribution is 0.122. The Morgan fingerprint density at radius 2 is 1.85 bits per heavy atom. The number of piperidine rings is 1. The van der Waals surface area contributed by atoms with Gasteiger partial charge >= 0.3 is 0 Å². The van der Waals surface area contributed by atoms with Gasteiger partial charge < -0.3 is 16.0 Å². The molecule has 1 fully saturated rings. The Balaban J connectivity index is 1.67. The lowest BCUT2D eigenvalue weighted by Crippen LogP contribution is -2.57. The number of nitrogens with zero attached hydrogens (tertiary/aromatic N) is 3. The molecule has 2 rings (SSSR count). The molecule has 7 heteroatoms. The smallest absolute Gasteiger partial charge is 0.227 e. The molecule has 0 bridgehead atoms. The summed E-state index contributed by atoms with van der Waals surface area (Å²) >= 11 is 0. The average Bonchev–Trinajstić information content (AvgIpc) is 2.52. The molecule has 1 saturated heterocycles. The number of aromatic nitrogens is 3. The second kappa shape index (κ2) is 9.46. The fraction of sp³-hybridized carbons (Fsp3) is 0.789. The first kappa shape index (κ1) is 20.8.